The summed E-state index contributed by atoms with van der Waals surface area (Å²) in [5.41, 5.74) is 2.57. The molecule has 2 amide bonds. The van der Waals surface area contributed by atoms with Gasteiger partial charge in [-0.1, -0.05) is 12.1 Å². The van der Waals surface area contributed by atoms with Crippen molar-refractivity contribution in [1.82, 2.24) is 10.2 Å². The Morgan fingerprint density at radius 1 is 1.32 bits per heavy atom. The molecule has 1 aliphatic rings. The number of benzene rings is 1. The predicted molar refractivity (Wildman–Crippen MR) is 95.2 cm³/mol. The van der Waals surface area contributed by atoms with Gasteiger partial charge in [-0.25, -0.2) is 0 Å². The molecule has 1 atom stereocenters. The number of rotatable bonds is 5. The molecule has 2 aromatic rings. The summed E-state index contributed by atoms with van der Waals surface area (Å²) in [6.45, 7) is 7.11. The summed E-state index contributed by atoms with van der Waals surface area (Å²) in [6.07, 6.45) is 1.54. The summed E-state index contributed by atoms with van der Waals surface area (Å²) < 4.78 is 5.54. The van der Waals surface area contributed by atoms with Crippen molar-refractivity contribution in [1.29, 1.82) is 0 Å². The first-order chi connectivity index (χ1) is 11.9. The van der Waals surface area contributed by atoms with Gasteiger partial charge in [-0.05, 0) is 51.0 Å². The number of carbonyl (C=O) groups is 2. The fourth-order valence-corrected chi connectivity index (χ4v) is 3.34. The highest BCUT2D eigenvalue weighted by Gasteiger charge is 2.21. The lowest BCUT2D eigenvalue weighted by Crippen LogP contribution is -2.27. The third-order valence-electron chi connectivity index (χ3n) is 4.63. The molecule has 1 N–H and O–H groups in total. The van der Waals surface area contributed by atoms with Crippen LogP contribution in [0.3, 0.4) is 0 Å². The van der Waals surface area contributed by atoms with Crippen LogP contribution < -0.4 is 5.32 Å². The van der Waals surface area contributed by atoms with Crippen molar-refractivity contribution in [3.8, 4) is 0 Å². The van der Waals surface area contributed by atoms with E-state index in [0.29, 0.717) is 18.5 Å². The monoisotopic (exact) mass is 340 g/mol. The van der Waals surface area contributed by atoms with Gasteiger partial charge in [0.25, 0.3) is 5.91 Å². The van der Waals surface area contributed by atoms with E-state index >= 15 is 0 Å². The zero-order valence-electron chi connectivity index (χ0n) is 15.0. The van der Waals surface area contributed by atoms with Crippen molar-refractivity contribution in [3.05, 3.63) is 58.5 Å². The van der Waals surface area contributed by atoms with Crippen LogP contribution in [0.2, 0.25) is 0 Å². The second-order valence-electron chi connectivity index (χ2n) is 6.68. The van der Waals surface area contributed by atoms with Gasteiger partial charge in [-0.15, -0.1) is 0 Å². The molecule has 132 valence electrons. The standard InChI is InChI=1S/C20H24N2O3/c1-13-10-18(15(3)25-13)14(2)21-20(24)17-7-4-6-16(11-17)12-22-9-5-8-19(22)23/h4,6-7,10-11,14H,5,8-9,12H2,1-3H3,(H,21,24)/t14-/m1/s1. The molecular formula is C20H24N2O3. The summed E-state index contributed by atoms with van der Waals surface area (Å²) >= 11 is 0. The molecule has 0 aliphatic carbocycles. The van der Waals surface area contributed by atoms with Crippen LogP contribution >= 0.6 is 0 Å². The highest BCUT2D eigenvalue weighted by atomic mass is 16.3. The summed E-state index contributed by atoms with van der Waals surface area (Å²) in [4.78, 5) is 26.2. The third-order valence-corrected chi connectivity index (χ3v) is 4.63. The van der Waals surface area contributed by atoms with Gasteiger partial charge >= 0.3 is 0 Å². The maximum atomic E-state index is 12.6. The third kappa shape index (κ3) is 3.92. The summed E-state index contributed by atoms with van der Waals surface area (Å²) in [7, 11) is 0. The highest BCUT2D eigenvalue weighted by Crippen LogP contribution is 2.22. The molecule has 5 nitrogen and oxygen atoms in total. The lowest BCUT2D eigenvalue weighted by Gasteiger charge is -2.17. The lowest BCUT2D eigenvalue weighted by molar-refractivity contribution is -0.128. The van der Waals surface area contributed by atoms with E-state index in [0.717, 1.165) is 35.6 Å². The Kier molecular flexibility index (Phi) is 4.93. The van der Waals surface area contributed by atoms with Gasteiger partial charge < -0.3 is 14.6 Å². The van der Waals surface area contributed by atoms with Crippen LogP contribution in [-0.4, -0.2) is 23.3 Å². The van der Waals surface area contributed by atoms with E-state index in [-0.39, 0.29) is 17.9 Å². The van der Waals surface area contributed by atoms with Crippen molar-refractivity contribution in [2.24, 2.45) is 0 Å². The largest absolute Gasteiger partial charge is 0.466 e. The first-order valence-corrected chi connectivity index (χ1v) is 8.68. The quantitative estimate of drug-likeness (QED) is 0.906. The van der Waals surface area contributed by atoms with Gasteiger partial charge in [0, 0.05) is 30.6 Å². The number of likely N-dealkylation sites (tertiary alicyclic amines) is 1. The maximum absolute atomic E-state index is 12.6. The number of hydrogen-bond acceptors (Lipinski definition) is 3. The molecule has 25 heavy (non-hydrogen) atoms. The topological polar surface area (TPSA) is 62.6 Å². The fourth-order valence-electron chi connectivity index (χ4n) is 3.34. The molecule has 0 radical (unpaired) electrons. The lowest BCUT2D eigenvalue weighted by atomic mass is 10.1. The molecule has 2 heterocycles. The smallest absolute Gasteiger partial charge is 0.251 e. The zero-order valence-corrected chi connectivity index (χ0v) is 15.0. The molecule has 1 aliphatic heterocycles. The van der Waals surface area contributed by atoms with E-state index in [1.807, 2.05) is 49.9 Å². The molecule has 1 saturated heterocycles. The minimum atomic E-state index is -0.131. The minimum absolute atomic E-state index is 0.125. The van der Waals surface area contributed by atoms with Gasteiger partial charge in [-0.2, -0.15) is 0 Å². The fraction of sp³-hybridized carbons (Fsp3) is 0.400. The van der Waals surface area contributed by atoms with E-state index in [1.54, 1.807) is 6.07 Å². The van der Waals surface area contributed by atoms with Crippen molar-refractivity contribution < 1.29 is 14.0 Å². The Labute approximate surface area is 148 Å². The first-order valence-electron chi connectivity index (χ1n) is 8.68. The van der Waals surface area contributed by atoms with Crippen LogP contribution in [0.4, 0.5) is 0 Å². The molecule has 1 aromatic carbocycles. The van der Waals surface area contributed by atoms with E-state index in [2.05, 4.69) is 5.32 Å². The summed E-state index contributed by atoms with van der Waals surface area (Å²) in [6, 6.07) is 9.30. The molecular weight excluding hydrogens is 316 g/mol. The Morgan fingerprint density at radius 2 is 2.12 bits per heavy atom. The van der Waals surface area contributed by atoms with E-state index in [4.69, 9.17) is 4.42 Å². The Hall–Kier alpha value is -2.56. The van der Waals surface area contributed by atoms with E-state index in [1.165, 1.54) is 0 Å². The second-order valence-corrected chi connectivity index (χ2v) is 6.68. The molecule has 5 heteroatoms. The summed E-state index contributed by atoms with van der Waals surface area (Å²) in [5.74, 6) is 1.73. The number of amides is 2. The summed E-state index contributed by atoms with van der Waals surface area (Å²) in [5, 5.41) is 3.02. The van der Waals surface area contributed by atoms with Crippen molar-refractivity contribution in [2.45, 2.75) is 46.2 Å². The second kappa shape index (κ2) is 7.13. The SMILES string of the molecule is Cc1cc([C@@H](C)NC(=O)c2cccc(CN3CCCC3=O)c2)c(C)o1. The van der Waals surface area contributed by atoms with Crippen molar-refractivity contribution >= 4 is 11.8 Å². The molecule has 0 unspecified atom stereocenters. The number of nitrogens with zero attached hydrogens (tertiary/aromatic N) is 1. The number of nitrogens with one attached hydrogen (secondary N) is 1. The number of hydrogen-bond donors (Lipinski definition) is 1. The molecule has 0 bridgehead atoms. The number of furan rings is 1. The van der Waals surface area contributed by atoms with Crippen LogP contribution in [0.25, 0.3) is 0 Å². The Balaban J connectivity index is 1.68. The number of aryl methyl sites for hydroxylation is 2. The van der Waals surface area contributed by atoms with E-state index in [9.17, 15) is 9.59 Å². The van der Waals surface area contributed by atoms with Gasteiger partial charge in [0.05, 0.1) is 6.04 Å². The normalized spacial score (nSPS) is 15.5. The molecule has 3 rings (SSSR count). The molecule has 0 spiro atoms. The van der Waals surface area contributed by atoms with Gasteiger partial charge in [0.15, 0.2) is 0 Å². The van der Waals surface area contributed by atoms with Crippen LogP contribution in [0.5, 0.6) is 0 Å². The van der Waals surface area contributed by atoms with Gasteiger partial charge in [-0.3, -0.25) is 9.59 Å². The van der Waals surface area contributed by atoms with Gasteiger partial charge in [0.1, 0.15) is 11.5 Å². The van der Waals surface area contributed by atoms with Crippen LogP contribution in [0.15, 0.2) is 34.7 Å². The number of carbonyl (C=O) groups excluding carboxylic acids is 2. The molecule has 1 fully saturated rings. The van der Waals surface area contributed by atoms with Crippen molar-refractivity contribution in [2.75, 3.05) is 6.54 Å². The molecule has 1 aromatic heterocycles. The van der Waals surface area contributed by atoms with Gasteiger partial charge in [0.2, 0.25) is 5.91 Å². The van der Waals surface area contributed by atoms with E-state index < -0.39 is 0 Å². The average Bonchev–Trinajstić information content (AvgIpc) is 3.12. The van der Waals surface area contributed by atoms with Crippen LogP contribution in [0.1, 0.15) is 58.8 Å². The minimum Gasteiger partial charge on any atom is -0.466 e. The Morgan fingerprint density at radius 3 is 2.76 bits per heavy atom. The molecule has 0 saturated carbocycles. The van der Waals surface area contributed by atoms with Crippen LogP contribution in [-0.2, 0) is 11.3 Å². The van der Waals surface area contributed by atoms with Crippen molar-refractivity contribution in [3.63, 3.8) is 0 Å². The maximum Gasteiger partial charge on any atom is 0.251 e. The Bertz CT molecular complexity index is 794. The average molecular weight is 340 g/mol. The highest BCUT2D eigenvalue weighted by molar-refractivity contribution is 5.94. The predicted octanol–water partition coefficient (Wildman–Crippen LogP) is 3.51. The zero-order chi connectivity index (χ0) is 18.0. The van der Waals surface area contributed by atoms with Crippen LogP contribution in [0, 0.1) is 13.8 Å². The first kappa shape index (κ1) is 17.3.